The molecule has 3 heterocycles. The van der Waals surface area contributed by atoms with Gasteiger partial charge in [0.05, 0.1) is 34.1 Å². The summed E-state index contributed by atoms with van der Waals surface area (Å²) in [4.78, 5) is 15.8. The summed E-state index contributed by atoms with van der Waals surface area (Å²) in [6, 6.07) is 15.1. The third kappa shape index (κ3) is 5.01. The fourth-order valence-corrected chi connectivity index (χ4v) is 3.23. The molecule has 0 amide bonds. The highest BCUT2D eigenvalue weighted by Crippen LogP contribution is 2.23. The third-order valence-corrected chi connectivity index (χ3v) is 4.91. The van der Waals surface area contributed by atoms with E-state index in [9.17, 15) is 4.39 Å². The minimum atomic E-state index is -0.587. The Morgan fingerprint density at radius 1 is 1.03 bits per heavy atom. The van der Waals surface area contributed by atoms with E-state index in [-0.39, 0.29) is 6.01 Å². The summed E-state index contributed by atoms with van der Waals surface area (Å²) in [6.45, 7) is -0.0161. The Bertz CT molecular complexity index is 1370. The van der Waals surface area contributed by atoms with Gasteiger partial charge in [0.2, 0.25) is 5.95 Å². The zero-order valence-corrected chi connectivity index (χ0v) is 17.9. The molecule has 0 fully saturated rings. The number of imidazole rings is 1. The average Bonchev–Trinajstić information content (AvgIpc) is 3.46. The van der Waals surface area contributed by atoms with Crippen molar-refractivity contribution in [2.75, 3.05) is 10.6 Å². The quantitative estimate of drug-likeness (QED) is 0.244. The minimum Gasteiger partial charge on any atom is -0.424 e. The molecule has 0 unspecified atom stereocenters. The molecule has 166 valence electrons. The zero-order valence-electron chi connectivity index (χ0n) is 17.1. The molecule has 5 rings (SSSR count). The Balaban J connectivity index is 1.20. The lowest BCUT2D eigenvalue weighted by Crippen LogP contribution is -2.00. The Hall–Kier alpha value is -4.18. The van der Waals surface area contributed by atoms with Crippen LogP contribution in [-0.4, -0.2) is 30.1 Å². The third-order valence-electron chi connectivity index (χ3n) is 4.72. The first-order chi connectivity index (χ1) is 16.1. The number of aromatic amines is 2. The molecule has 0 aliphatic carbocycles. The van der Waals surface area contributed by atoms with Crippen molar-refractivity contribution in [3.05, 3.63) is 77.2 Å². The number of rotatable bonds is 8. The van der Waals surface area contributed by atoms with E-state index in [0.717, 1.165) is 22.3 Å². The average molecular weight is 465 g/mol. The van der Waals surface area contributed by atoms with Crippen LogP contribution in [0.3, 0.4) is 0 Å². The van der Waals surface area contributed by atoms with Crippen molar-refractivity contribution in [1.82, 2.24) is 30.1 Å². The molecule has 11 heteroatoms. The van der Waals surface area contributed by atoms with Gasteiger partial charge in [-0.15, -0.1) is 0 Å². The van der Waals surface area contributed by atoms with Crippen molar-refractivity contribution < 1.29 is 9.13 Å². The maximum Gasteiger partial charge on any atom is 0.321 e. The molecular weight excluding hydrogens is 447 g/mol. The number of ether oxygens (including phenoxy) is 1. The van der Waals surface area contributed by atoms with Crippen molar-refractivity contribution in [2.24, 2.45) is 0 Å². The second-order valence-electron chi connectivity index (χ2n) is 7.14. The van der Waals surface area contributed by atoms with Gasteiger partial charge < -0.3 is 20.4 Å². The molecule has 5 aromatic rings. The maximum atomic E-state index is 12.7. The van der Waals surface area contributed by atoms with E-state index in [1.54, 1.807) is 6.07 Å². The molecule has 0 radical (unpaired) electrons. The van der Waals surface area contributed by atoms with E-state index in [4.69, 9.17) is 16.3 Å². The number of hydrogen-bond acceptors (Lipinski definition) is 7. The van der Waals surface area contributed by atoms with E-state index in [2.05, 4.69) is 40.8 Å². The van der Waals surface area contributed by atoms with Gasteiger partial charge in [-0.1, -0.05) is 23.7 Å². The summed E-state index contributed by atoms with van der Waals surface area (Å²) in [5.41, 5.74) is 3.96. The van der Waals surface area contributed by atoms with Gasteiger partial charge >= 0.3 is 6.01 Å². The van der Waals surface area contributed by atoms with Crippen molar-refractivity contribution in [1.29, 1.82) is 0 Å². The van der Waals surface area contributed by atoms with Crippen LogP contribution in [0.2, 0.25) is 5.02 Å². The molecule has 33 heavy (non-hydrogen) atoms. The number of nitrogens with zero attached hydrogens (tertiary/aromatic N) is 4. The Morgan fingerprint density at radius 2 is 1.85 bits per heavy atom. The number of H-pyrrole nitrogens is 2. The van der Waals surface area contributed by atoms with Crippen LogP contribution in [0.25, 0.3) is 11.0 Å². The number of nitrogens with one attached hydrogen (secondary N) is 4. The van der Waals surface area contributed by atoms with Crippen LogP contribution in [0.5, 0.6) is 11.8 Å². The fourth-order valence-electron chi connectivity index (χ4n) is 3.13. The molecule has 4 N–H and O–H groups in total. The summed E-state index contributed by atoms with van der Waals surface area (Å²) in [5, 5.41) is 13.5. The van der Waals surface area contributed by atoms with Gasteiger partial charge in [0.15, 0.2) is 5.82 Å². The predicted octanol–water partition coefficient (Wildman–Crippen LogP) is 5.35. The summed E-state index contributed by atoms with van der Waals surface area (Å²) in [5.74, 6) is 1.83. The second kappa shape index (κ2) is 9.13. The summed E-state index contributed by atoms with van der Waals surface area (Å²) >= 11 is 5.78. The smallest absolute Gasteiger partial charge is 0.321 e. The van der Waals surface area contributed by atoms with Gasteiger partial charge in [0, 0.05) is 18.3 Å². The number of hydrogen-bond donors (Lipinski definition) is 4. The summed E-state index contributed by atoms with van der Waals surface area (Å²) in [7, 11) is 0. The molecular formula is C22H18ClFN8O. The molecule has 3 aromatic heterocycles. The maximum absolute atomic E-state index is 12.7. The van der Waals surface area contributed by atoms with Crippen LogP contribution in [0, 0.1) is 0 Å². The number of anilines is 3. The lowest BCUT2D eigenvalue weighted by atomic mass is 10.2. The standard InChI is InChI=1S/C22H18ClFN8O/c23-14-11-26-22(27-12-14)33-17-4-1-13(2-5-17)10-25-21-29-18-6-3-15(7-19(18)30-21)28-20-8-16(9-24)31-32-20/h1-8,11-12H,9-10H2,(H2,25,29,30)(H2,28,31,32). The highest BCUT2D eigenvalue weighted by atomic mass is 35.5. The summed E-state index contributed by atoms with van der Waals surface area (Å²) < 4.78 is 18.3. The van der Waals surface area contributed by atoms with Crippen molar-refractivity contribution in [3.63, 3.8) is 0 Å². The zero-order chi connectivity index (χ0) is 22.6. The molecule has 0 spiro atoms. The highest BCUT2D eigenvalue weighted by molar-refractivity contribution is 6.30. The normalized spacial score (nSPS) is 11.0. The Labute approximate surface area is 192 Å². The molecule has 0 bridgehead atoms. The molecule has 0 aliphatic heterocycles. The number of aromatic nitrogens is 6. The fraction of sp³-hybridized carbons (Fsp3) is 0.0909. The van der Waals surface area contributed by atoms with Gasteiger partial charge in [-0.05, 0) is 35.9 Å². The number of alkyl halides is 1. The number of benzene rings is 2. The highest BCUT2D eigenvalue weighted by Gasteiger charge is 2.07. The van der Waals surface area contributed by atoms with Gasteiger partial charge in [-0.2, -0.15) is 5.10 Å². The Morgan fingerprint density at radius 3 is 2.61 bits per heavy atom. The SMILES string of the molecule is FCc1cc(Nc2ccc3nc(NCc4ccc(Oc5ncc(Cl)cn5)cc4)[nH]c3c2)n[nH]1. The van der Waals surface area contributed by atoms with E-state index < -0.39 is 6.67 Å². The molecule has 0 aliphatic rings. The van der Waals surface area contributed by atoms with Crippen molar-refractivity contribution in [3.8, 4) is 11.8 Å². The molecule has 0 saturated carbocycles. The van der Waals surface area contributed by atoms with Crippen LogP contribution < -0.4 is 15.4 Å². The molecule has 0 atom stereocenters. The van der Waals surface area contributed by atoms with Crippen molar-refractivity contribution in [2.45, 2.75) is 13.2 Å². The largest absolute Gasteiger partial charge is 0.424 e. The van der Waals surface area contributed by atoms with Crippen LogP contribution in [0.4, 0.5) is 21.8 Å². The minimum absolute atomic E-state index is 0.233. The second-order valence-corrected chi connectivity index (χ2v) is 7.57. The van der Waals surface area contributed by atoms with Gasteiger partial charge in [0.25, 0.3) is 0 Å². The predicted molar refractivity (Wildman–Crippen MR) is 124 cm³/mol. The van der Waals surface area contributed by atoms with Gasteiger partial charge in [-0.25, -0.2) is 19.3 Å². The topological polar surface area (TPSA) is 116 Å². The first kappa shape index (κ1) is 20.7. The lowest BCUT2D eigenvalue weighted by Gasteiger charge is -2.06. The van der Waals surface area contributed by atoms with Gasteiger partial charge in [-0.3, -0.25) is 5.10 Å². The van der Waals surface area contributed by atoms with E-state index in [1.807, 2.05) is 42.5 Å². The lowest BCUT2D eigenvalue weighted by molar-refractivity contribution is 0.441. The molecule has 2 aromatic carbocycles. The van der Waals surface area contributed by atoms with Crippen molar-refractivity contribution >= 4 is 40.1 Å². The summed E-state index contributed by atoms with van der Waals surface area (Å²) in [6.07, 6.45) is 2.96. The molecule has 9 nitrogen and oxygen atoms in total. The first-order valence-electron chi connectivity index (χ1n) is 10.00. The number of fused-ring (bicyclic) bond motifs is 1. The monoisotopic (exact) mass is 464 g/mol. The molecule has 0 saturated heterocycles. The van der Waals surface area contributed by atoms with Crippen LogP contribution in [-0.2, 0) is 13.2 Å². The van der Waals surface area contributed by atoms with Crippen LogP contribution in [0.15, 0.2) is 60.9 Å². The van der Waals surface area contributed by atoms with E-state index in [0.29, 0.717) is 34.8 Å². The van der Waals surface area contributed by atoms with Crippen LogP contribution >= 0.6 is 11.6 Å². The number of halogens is 2. The van der Waals surface area contributed by atoms with Crippen LogP contribution in [0.1, 0.15) is 11.3 Å². The Kier molecular flexibility index (Phi) is 5.73. The van der Waals surface area contributed by atoms with E-state index in [1.165, 1.54) is 12.4 Å². The first-order valence-corrected chi connectivity index (χ1v) is 10.4. The van der Waals surface area contributed by atoms with E-state index >= 15 is 0 Å². The van der Waals surface area contributed by atoms with Gasteiger partial charge in [0.1, 0.15) is 12.4 Å².